The van der Waals surface area contributed by atoms with Crippen LogP contribution in [-0.2, 0) is 4.79 Å². The van der Waals surface area contributed by atoms with E-state index in [0.717, 1.165) is 17.3 Å². The molecule has 0 spiro atoms. The Kier molecular flexibility index (Phi) is 9.64. The van der Waals surface area contributed by atoms with E-state index >= 15 is 0 Å². The van der Waals surface area contributed by atoms with Crippen LogP contribution in [0.4, 0.5) is 0 Å². The SMILES string of the molecule is CC(C=CC1=C(C)C(=O)[C@H](O)CC1(C)C)=CC[P+](c1ccccc1)(c1ccccc1)c1ccccc1.[Br-]. The Hall–Kier alpha value is -2.58. The lowest BCUT2D eigenvalue weighted by Gasteiger charge is -2.34. The first-order valence-electron chi connectivity index (χ1n) is 12.6. The molecule has 3 aromatic carbocycles. The summed E-state index contributed by atoms with van der Waals surface area (Å²) in [4.78, 5) is 12.4. The second-order valence-electron chi connectivity index (χ2n) is 10.3. The van der Waals surface area contributed by atoms with Crippen molar-refractivity contribution >= 4 is 29.0 Å². The van der Waals surface area contributed by atoms with E-state index in [4.69, 9.17) is 0 Å². The van der Waals surface area contributed by atoms with Gasteiger partial charge in [-0.1, -0.05) is 86.2 Å². The minimum Gasteiger partial charge on any atom is -1.00 e. The molecule has 4 rings (SSSR count). The van der Waals surface area contributed by atoms with Gasteiger partial charge in [-0.15, -0.1) is 0 Å². The van der Waals surface area contributed by atoms with Crippen molar-refractivity contribution in [2.75, 3.05) is 6.16 Å². The minimum atomic E-state index is -1.93. The summed E-state index contributed by atoms with van der Waals surface area (Å²) in [5.41, 5.74) is 2.60. The predicted molar refractivity (Wildman–Crippen MR) is 155 cm³/mol. The molecule has 0 amide bonds. The van der Waals surface area contributed by atoms with Crippen LogP contribution in [0.5, 0.6) is 0 Å². The largest absolute Gasteiger partial charge is 1.00 e. The van der Waals surface area contributed by atoms with Crippen molar-refractivity contribution in [3.8, 4) is 0 Å². The average Bonchev–Trinajstić information content (AvgIpc) is 2.89. The second kappa shape index (κ2) is 12.3. The third-order valence-electron chi connectivity index (χ3n) is 7.30. The number of hydrogen-bond donors (Lipinski definition) is 1. The predicted octanol–water partition coefficient (Wildman–Crippen LogP) is 3.16. The Labute approximate surface area is 232 Å². The maximum absolute atomic E-state index is 12.4. The fraction of sp³-hybridized carbons (Fsp3) is 0.242. The van der Waals surface area contributed by atoms with Crippen LogP contribution in [0.25, 0.3) is 0 Å². The van der Waals surface area contributed by atoms with E-state index in [1.165, 1.54) is 15.9 Å². The zero-order valence-corrected chi connectivity index (χ0v) is 24.5. The summed E-state index contributed by atoms with van der Waals surface area (Å²) >= 11 is 0. The number of carbonyl (C=O) groups excluding carboxylic acids is 1. The molecule has 0 heterocycles. The lowest BCUT2D eigenvalue weighted by atomic mass is 9.71. The molecule has 37 heavy (non-hydrogen) atoms. The van der Waals surface area contributed by atoms with Gasteiger partial charge in [0.2, 0.25) is 0 Å². The number of hydrogen-bond acceptors (Lipinski definition) is 2. The molecule has 0 radical (unpaired) electrons. The Morgan fingerprint density at radius 1 is 0.892 bits per heavy atom. The molecule has 2 nitrogen and oxygen atoms in total. The smallest absolute Gasteiger partial charge is 0.187 e. The zero-order valence-electron chi connectivity index (χ0n) is 22.1. The van der Waals surface area contributed by atoms with Crippen molar-refractivity contribution in [1.82, 2.24) is 0 Å². The molecule has 0 bridgehead atoms. The number of aliphatic hydroxyl groups excluding tert-OH is 1. The highest BCUT2D eigenvalue weighted by atomic mass is 79.9. The molecule has 0 aromatic heterocycles. The standard InChI is InChI=1S/C33H36O2P.BrH/c1-25(20-21-30-26(2)32(35)31(34)24-33(30,3)4)22-23-36(27-14-8-5-9-15-27,28-16-10-6-11-17-28)29-18-12-7-13-19-29;/h5-22,31,34H,23-24H2,1-4H3;1H/q+1;/p-1/t31-;/m1./s1. The van der Waals surface area contributed by atoms with E-state index in [9.17, 15) is 9.90 Å². The topological polar surface area (TPSA) is 37.3 Å². The molecule has 0 unspecified atom stereocenters. The lowest BCUT2D eigenvalue weighted by Crippen LogP contribution is -3.00. The number of benzene rings is 3. The molecular weight excluding hydrogens is 539 g/mol. The van der Waals surface area contributed by atoms with E-state index in [1.807, 2.05) is 6.92 Å². The molecular formula is C33H36BrO2P. The maximum atomic E-state index is 12.4. The first kappa shape index (κ1) is 29.0. The summed E-state index contributed by atoms with van der Waals surface area (Å²) in [7, 11) is -1.93. The third-order valence-corrected chi connectivity index (χ3v) is 11.6. The fourth-order valence-electron chi connectivity index (χ4n) is 5.30. The van der Waals surface area contributed by atoms with Crippen molar-refractivity contribution in [1.29, 1.82) is 0 Å². The van der Waals surface area contributed by atoms with E-state index < -0.39 is 13.4 Å². The molecule has 3 aromatic rings. The molecule has 0 saturated carbocycles. The summed E-state index contributed by atoms with van der Waals surface area (Å²) in [6.07, 6.45) is 7.01. The number of allylic oxidation sites excluding steroid dienone is 5. The number of rotatable bonds is 7. The van der Waals surface area contributed by atoms with Gasteiger partial charge in [-0.3, -0.25) is 4.79 Å². The van der Waals surface area contributed by atoms with Crippen LogP contribution in [0.2, 0.25) is 0 Å². The molecule has 1 N–H and O–H groups in total. The van der Waals surface area contributed by atoms with Crippen LogP contribution in [0, 0.1) is 5.41 Å². The molecule has 0 aliphatic heterocycles. The Balaban J connectivity index is 0.00000380. The number of ketones is 1. The van der Waals surface area contributed by atoms with Gasteiger partial charge in [0.25, 0.3) is 0 Å². The Bertz CT molecular complexity index is 1200. The fourth-order valence-corrected chi connectivity index (χ4v) is 9.43. The van der Waals surface area contributed by atoms with Gasteiger partial charge in [0, 0.05) is 0 Å². The van der Waals surface area contributed by atoms with E-state index in [-0.39, 0.29) is 28.2 Å². The third kappa shape index (κ3) is 6.12. The summed E-state index contributed by atoms with van der Waals surface area (Å²) < 4.78 is 0. The summed E-state index contributed by atoms with van der Waals surface area (Å²) in [6.45, 7) is 8.17. The average molecular weight is 576 g/mol. The van der Waals surface area contributed by atoms with Crippen molar-refractivity contribution in [2.45, 2.75) is 40.2 Å². The monoisotopic (exact) mass is 574 g/mol. The van der Waals surface area contributed by atoms with Gasteiger partial charge < -0.3 is 22.1 Å². The molecule has 4 heteroatoms. The van der Waals surface area contributed by atoms with Crippen LogP contribution < -0.4 is 32.9 Å². The van der Waals surface area contributed by atoms with E-state index in [1.54, 1.807) is 0 Å². The van der Waals surface area contributed by atoms with Crippen molar-refractivity contribution in [3.05, 3.63) is 126 Å². The summed E-state index contributed by atoms with van der Waals surface area (Å²) in [5, 5.41) is 14.3. The number of Topliss-reactive ketones (excluding diaryl/α,β-unsaturated/α-hetero) is 1. The van der Waals surface area contributed by atoms with E-state index in [2.05, 4.69) is 130 Å². The van der Waals surface area contributed by atoms with Gasteiger partial charge in [0.05, 0.1) is 6.16 Å². The zero-order chi connectivity index (χ0) is 25.8. The number of aliphatic hydroxyl groups is 1. The minimum absolute atomic E-state index is 0. The Morgan fingerprint density at radius 3 is 1.76 bits per heavy atom. The molecule has 1 aliphatic carbocycles. The van der Waals surface area contributed by atoms with Crippen molar-refractivity contribution in [2.24, 2.45) is 5.41 Å². The van der Waals surface area contributed by atoms with Gasteiger partial charge in [-0.2, -0.15) is 0 Å². The lowest BCUT2D eigenvalue weighted by molar-refractivity contribution is -0.125. The highest BCUT2D eigenvalue weighted by Crippen LogP contribution is 2.55. The van der Waals surface area contributed by atoms with Gasteiger partial charge in [-0.25, -0.2) is 0 Å². The summed E-state index contributed by atoms with van der Waals surface area (Å²) in [5.74, 6) is -0.155. The van der Waals surface area contributed by atoms with Gasteiger partial charge >= 0.3 is 0 Å². The maximum Gasteiger partial charge on any atom is 0.187 e. The van der Waals surface area contributed by atoms with Crippen LogP contribution in [-0.4, -0.2) is 23.2 Å². The Morgan fingerprint density at radius 2 is 1.32 bits per heavy atom. The van der Waals surface area contributed by atoms with Crippen LogP contribution >= 0.6 is 7.26 Å². The van der Waals surface area contributed by atoms with Crippen molar-refractivity contribution in [3.63, 3.8) is 0 Å². The molecule has 1 atom stereocenters. The van der Waals surface area contributed by atoms with E-state index in [0.29, 0.717) is 12.0 Å². The van der Waals surface area contributed by atoms with Gasteiger partial charge in [-0.05, 0) is 79.3 Å². The van der Waals surface area contributed by atoms with Crippen LogP contribution in [0.1, 0.15) is 34.1 Å². The molecule has 192 valence electrons. The second-order valence-corrected chi connectivity index (χ2v) is 13.8. The normalized spacial score (nSPS) is 18.1. The summed E-state index contributed by atoms with van der Waals surface area (Å²) in [6, 6.07) is 32.7. The van der Waals surface area contributed by atoms with Crippen molar-refractivity contribution < 1.29 is 26.9 Å². The first-order valence-corrected chi connectivity index (χ1v) is 14.6. The number of carbonyl (C=O) groups is 1. The highest BCUT2D eigenvalue weighted by Gasteiger charge is 2.44. The molecule has 1 aliphatic rings. The quantitative estimate of drug-likeness (QED) is 0.348. The molecule has 0 fully saturated rings. The van der Waals surface area contributed by atoms with Crippen LogP contribution in [0.3, 0.4) is 0 Å². The number of halogens is 1. The molecule has 0 saturated heterocycles. The highest BCUT2D eigenvalue weighted by molar-refractivity contribution is 7.95. The van der Waals surface area contributed by atoms with Gasteiger partial charge in [0.1, 0.15) is 29.3 Å². The first-order chi connectivity index (χ1) is 17.3. The van der Waals surface area contributed by atoms with Gasteiger partial charge in [0.15, 0.2) is 5.78 Å². The van der Waals surface area contributed by atoms with Crippen LogP contribution in [0.15, 0.2) is 126 Å².